The van der Waals surface area contributed by atoms with Gasteiger partial charge in [-0.2, -0.15) is 0 Å². The molecule has 0 spiro atoms. The van der Waals surface area contributed by atoms with E-state index in [4.69, 9.17) is 4.42 Å². The zero-order valence-corrected chi connectivity index (χ0v) is 11.2. The Labute approximate surface area is 104 Å². The zero-order chi connectivity index (χ0) is 12.3. The molecule has 0 radical (unpaired) electrons. The molecular formula is C14H24N2O. The highest BCUT2D eigenvalue weighted by atomic mass is 16.3. The first kappa shape index (κ1) is 12.7. The lowest BCUT2D eigenvalue weighted by molar-refractivity contribution is 0.288. The van der Waals surface area contributed by atoms with Gasteiger partial charge >= 0.3 is 0 Å². The van der Waals surface area contributed by atoms with Crippen molar-refractivity contribution >= 4 is 0 Å². The number of nitrogens with zero attached hydrogens (tertiary/aromatic N) is 1. The molecule has 2 atom stereocenters. The molecule has 1 aliphatic rings. The molecule has 1 N–H and O–H groups in total. The van der Waals surface area contributed by atoms with Crippen LogP contribution in [-0.2, 0) is 0 Å². The second-order valence-electron chi connectivity index (χ2n) is 5.19. The summed E-state index contributed by atoms with van der Waals surface area (Å²) in [6.45, 7) is 6.48. The van der Waals surface area contributed by atoms with E-state index >= 15 is 0 Å². The predicted molar refractivity (Wildman–Crippen MR) is 70.1 cm³/mol. The van der Waals surface area contributed by atoms with E-state index in [1.165, 1.54) is 25.8 Å². The quantitative estimate of drug-likeness (QED) is 0.852. The number of likely N-dealkylation sites (tertiary alicyclic amines) is 1. The Hall–Kier alpha value is -0.800. The van der Waals surface area contributed by atoms with Crippen molar-refractivity contribution in [3.05, 3.63) is 23.7 Å². The summed E-state index contributed by atoms with van der Waals surface area (Å²) in [6, 6.07) is 5.18. The van der Waals surface area contributed by atoms with E-state index in [2.05, 4.69) is 30.3 Å². The van der Waals surface area contributed by atoms with Crippen LogP contribution in [0.3, 0.4) is 0 Å². The van der Waals surface area contributed by atoms with Gasteiger partial charge in [0.2, 0.25) is 0 Å². The molecule has 17 heavy (non-hydrogen) atoms. The lowest BCUT2D eigenvalue weighted by atomic mass is 10.1. The van der Waals surface area contributed by atoms with Gasteiger partial charge in [-0.1, -0.05) is 0 Å². The molecule has 0 bridgehead atoms. The maximum Gasteiger partial charge on any atom is 0.120 e. The Morgan fingerprint density at radius 3 is 2.94 bits per heavy atom. The van der Waals surface area contributed by atoms with Crippen LogP contribution in [0.15, 0.2) is 16.5 Å². The van der Waals surface area contributed by atoms with E-state index in [0.29, 0.717) is 6.04 Å². The second kappa shape index (κ2) is 5.69. The molecule has 3 nitrogen and oxygen atoms in total. The van der Waals surface area contributed by atoms with Gasteiger partial charge in [-0.25, -0.2) is 0 Å². The van der Waals surface area contributed by atoms with Crippen molar-refractivity contribution in [2.75, 3.05) is 20.1 Å². The summed E-state index contributed by atoms with van der Waals surface area (Å²) in [5.41, 5.74) is 0. The van der Waals surface area contributed by atoms with Crippen LogP contribution in [-0.4, -0.2) is 31.1 Å². The minimum atomic E-state index is 0.315. The second-order valence-corrected chi connectivity index (χ2v) is 5.19. The van der Waals surface area contributed by atoms with Gasteiger partial charge in [-0.05, 0) is 65.4 Å². The van der Waals surface area contributed by atoms with Gasteiger partial charge in [0.15, 0.2) is 0 Å². The minimum absolute atomic E-state index is 0.315. The van der Waals surface area contributed by atoms with Crippen molar-refractivity contribution in [1.29, 1.82) is 0 Å². The number of nitrogens with one attached hydrogen (secondary N) is 1. The summed E-state index contributed by atoms with van der Waals surface area (Å²) in [6.07, 6.45) is 3.95. The van der Waals surface area contributed by atoms with Crippen LogP contribution >= 0.6 is 0 Å². The van der Waals surface area contributed by atoms with E-state index in [9.17, 15) is 0 Å². The van der Waals surface area contributed by atoms with Gasteiger partial charge in [-0.15, -0.1) is 0 Å². The third kappa shape index (κ3) is 3.33. The van der Waals surface area contributed by atoms with Crippen LogP contribution in [0.25, 0.3) is 0 Å². The van der Waals surface area contributed by atoms with E-state index in [1.54, 1.807) is 0 Å². The first-order valence-electron chi connectivity index (χ1n) is 6.67. The fourth-order valence-electron chi connectivity index (χ4n) is 2.60. The number of hydrogen-bond donors (Lipinski definition) is 1. The largest absolute Gasteiger partial charge is 0.465 e. The number of aryl methyl sites for hydroxylation is 1. The summed E-state index contributed by atoms with van der Waals surface area (Å²) in [4.78, 5) is 2.48. The van der Waals surface area contributed by atoms with Crippen LogP contribution in [0.5, 0.6) is 0 Å². The Morgan fingerprint density at radius 1 is 1.53 bits per heavy atom. The molecule has 0 saturated carbocycles. The molecule has 0 amide bonds. The van der Waals surface area contributed by atoms with Crippen molar-refractivity contribution in [3.63, 3.8) is 0 Å². The summed E-state index contributed by atoms with van der Waals surface area (Å²) in [5, 5.41) is 3.54. The summed E-state index contributed by atoms with van der Waals surface area (Å²) < 4.78 is 5.62. The maximum absolute atomic E-state index is 5.62. The highest BCUT2D eigenvalue weighted by molar-refractivity contribution is 5.08. The highest BCUT2D eigenvalue weighted by Crippen LogP contribution is 2.19. The van der Waals surface area contributed by atoms with Gasteiger partial charge in [0.05, 0.1) is 6.04 Å². The standard InChI is InChI=1S/C14H24N2O/c1-11-6-7-14(17-11)12(2)15-9-8-13-5-4-10-16(13)3/h6-7,12-13,15H,4-5,8-10H2,1-3H3/t12-,13-/m1/s1. The van der Waals surface area contributed by atoms with Gasteiger partial charge in [0.25, 0.3) is 0 Å². The molecule has 0 aliphatic carbocycles. The van der Waals surface area contributed by atoms with Crippen molar-refractivity contribution in [3.8, 4) is 0 Å². The Morgan fingerprint density at radius 2 is 2.35 bits per heavy atom. The first-order chi connectivity index (χ1) is 8.16. The Bertz CT molecular complexity index is 348. The molecular weight excluding hydrogens is 212 g/mol. The Kier molecular flexibility index (Phi) is 4.24. The average Bonchev–Trinajstić information content (AvgIpc) is 2.88. The molecule has 1 saturated heterocycles. The summed E-state index contributed by atoms with van der Waals surface area (Å²) >= 11 is 0. The van der Waals surface area contributed by atoms with Crippen LogP contribution in [0.4, 0.5) is 0 Å². The van der Waals surface area contributed by atoms with Crippen molar-refractivity contribution in [2.24, 2.45) is 0 Å². The Balaban J connectivity index is 1.71. The smallest absolute Gasteiger partial charge is 0.120 e. The SMILES string of the molecule is Cc1ccc([C@@H](C)NCC[C@H]2CCCN2C)o1. The topological polar surface area (TPSA) is 28.4 Å². The number of rotatable bonds is 5. The normalized spacial score (nSPS) is 23.1. The van der Waals surface area contributed by atoms with E-state index in [-0.39, 0.29) is 0 Å². The highest BCUT2D eigenvalue weighted by Gasteiger charge is 2.20. The fourth-order valence-corrected chi connectivity index (χ4v) is 2.60. The van der Waals surface area contributed by atoms with Crippen LogP contribution in [0.1, 0.15) is 43.7 Å². The van der Waals surface area contributed by atoms with E-state index < -0.39 is 0 Å². The average molecular weight is 236 g/mol. The van der Waals surface area contributed by atoms with Gasteiger partial charge in [-0.3, -0.25) is 0 Å². The third-order valence-electron chi connectivity index (χ3n) is 3.79. The molecule has 96 valence electrons. The molecule has 2 heterocycles. The molecule has 1 aromatic heterocycles. The monoisotopic (exact) mass is 236 g/mol. The van der Waals surface area contributed by atoms with Crippen molar-refractivity contribution in [1.82, 2.24) is 10.2 Å². The molecule has 1 aliphatic heterocycles. The van der Waals surface area contributed by atoms with Crippen molar-refractivity contribution < 1.29 is 4.42 Å². The summed E-state index contributed by atoms with van der Waals surface area (Å²) in [5.74, 6) is 2.03. The molecule has 3 heteroatoms. The van der Waals surface area contributed by atoms with Crippen LogP contribution in [0.2, 0.25) is 0 Å². The predicted octanol–water partition coefficient (Wildman–Crippen LogP) is 2.72. The minimum Gasteiger partial charge on any atom is -0.465 e. The molecule has 0 unspecified atom stereocenters. The third-order valence-corrected chi connectivity index (χ3v) is 3.79. The molecule has 0 aromatic carbocycles. The van der Waals surface area contributed by atoms with Gasteiger partial charge in [0.1, 0.15) is 11.5 Å². The van der Waals surface area contributed by atoms with E-state index in [0.717, 1.165) is 24.1 Å². The maximum atomic E-state index is 5.62. The van der Waals surface area contributed by atoms with Gasteiger partial charge < -0.3 is 14.6 Å². The lowest BCUT2D eigenvalue weighted by Crippen LogP contribution is -2.30. The number of furan rings is 1. The number of hydrogen-bond acceptors (Lipinski definition) is 3. The van der Waals surface area contributed by atoms with E-state index in [1.807, 2.05) is 13.0 Å². The fraction of sp³-hybridized carbons (Fsp3) is 0.714. The zero-order valence-electron chi connectivity index (χ0n) is 11.2. The molecule has 1 aromatic rings. The molecule has 1 fully saturated rings. The summed E-state index contributed by atoms with van der Waals surface area (Å²) in [7, 11) is 2.23. The van der Waals surface area contributed by atoms with Crippen molar-refractivity contribution in [2.45, 2.75) is 45.2 Å². The lowest BCUT2D eigenvalue weighted by Gasteiger charge is -2.20. The van der Waals surface area contributed by atoms with Crippen LogP contribution < -0.4 is 5.32 Å². The van der Waals surface area contributed by atoms with Gasteiger partial charge in [0, 0.05) is 6.04 Å². The first-order valence-corrected chi connectivity index (χ1v) is 6.67. The van der Waals surface area contributed by atoms with Crippen LogP contribution in [0, 0.1) is 6.92 Å². The molecule has 2 rings (SSSR count).